The van der Waals surface area contributed by atoms with Crippen molar-refractivity contribution in [3.63, 3.8) is 0 Å². The van der Waals surface area contributed by atoms with Gasteiger partial charge in [-0.3, -0.25) is 9.59 Å². The molecule has 30 heavy (non-hydrogen) atoms. The monoisotopic (exact) mass is 404 g/mol. The Bertz CT molecular complexity index is 1030. The molecule has 3 aromatic rings. The first-order valence-electron chi connectivity index (χ1n) is 9.72. The molecule has 1 saturated heterocycles. The van der Waals surface area contributed by atoms with Crippen LogP contribution >= 0.6 is 0 Å². The van der Waals surface area contributed by atoms with Crippen LogP contribution in [0.5, 0.6) is 0 Å². The number of amides is 2. The molecule has 1 N–H and O–H groups in total. The predicted molar refractivity (Wildman–Crippen MR) is 113 cm³/mol. The van der Waals surface area contributed by atoms with E-state index in [0.717, 1.165) is 5.82 Å². The number of carbonyl (C=O) groups excluding carboxylic acids is 2. The SMILES string of the molecule is O=C(Nc1ccc(N2CCN(C(=O)c3ccccc3)CC2)nc1)c1cccc(F)c1. The number of nitrogens with one attached hydrogen (secondary N) is 1. The number of halogens is 1. The Morgan fingerprint density at radius 2 is 1.60 bits per heavy atom. The van der Waals surface area contributed by atoms with Crippen LogP contribution in [0.3, 0.4) is 0 Å². The second kappa shape index (κ2) is 8.73. The van der Waals surface area contributed by atoms with Crippen LogP contribution in [0.2, 0.25) is 0 Å². The van der Waals surface area contributed by atoms with E-state index in [1.54, 1.807) is 18.3 Å². The highest BCUT2D eigenvalue weighted by Gasteiger charge is 2.22. The number of piperazine rings is 1. The summed E-state index contributed by atoms with van der Waals surface area (Å²) in [5.41, 5.74) is 1.48. The number of rotatable bonds is 4. The van der Waals surface area contributed by atoms with E-state index < -0.39 is 11.7 Å². The number of carbonyl (C=O) groups is 2. The topological polar surface area (TPSA) is 65.5 Å². The maximum Gasteiger partial charge on any atom is 0.255 e. The summed E-state index contributed by atoms with van der Waals surface area (Å²) in [5.74, 6) is -0.0257. The van der Waals surface area contributed by atoms with Gasteiger partial charge < -0.3 is 15.1 Å². The molecule has 7 heteroatoms. The van der Waals surface area contributed by atoms with Gasteiger partial charge in [0.15, 0.2) is 0 Å². The van der Waals surface area contributed by atoms with Crippen LogP contribution in [-0.4, -0.2) is 47.9 Å². The van der Waals surface area contributed by atoms with E-state index in [4.69, 9.17) is 0 Å². The lowest BCUT2D eigenvalue weighted by atomic mass is 10.2. The summed E-state index contributed by atoms with van der Waals surface area (Å²) in [5, 5.41) is 2.72. The Labute approximate surface area is 174 Å². The van der Waals surface area contributed by atoms with Crippen LogP contribution in [0, 0.1) is 5.82 Å². The molecule has 0 spiro atoms. The Morgan fingerprint density at radius 3 is 2.27 bits per heavy atom. The molecule has 0 unspecified atom stereocenters. The zero-order chi connectivity index (χ0) is 20.9. The van der Waals surface area contributed by atoms with Gasteiger partial charge in [-0.1, -0.05) is 24.3 Å². The van der Waals surface area contributed by atoms with E-state index in [2.05, 4.69) is 15.2 Å². The second-order valence-electron chi connectivity index (χ2n) is 7.01. The van der Waals surface area contributed by atoms with Crippen molar-refractivity contribution in [1.82, 2.24) is 9.88 Å². The Hall–Kier alpha value is -3.74. The molecule has 2 amide bonds. The molecule has 4 rings (SSSR count). The minimum absolute atomic E-state index is 0.0404. The molecule has 0 aliphatic carbocycles. The third-order valence-corrected chi connectivity index (χ3v) is 5.00. The van der Waals surface area contributed by atoms with Gasteiger partial charge in [0, 0.05) is 37.3 Å². The van der Waals surface area contributed by atoms with Gasteiger partial charge in [0.2, 0.25) is 0 Å². The van der Waals surface area contributed by atoms with Crippen molar-refractivity contribution in [1.29, 1.82) is 0 Å². The highest BCUT2D eigenvalue weighted by molar-refractivity contribution is 6.04. The van der Waals surface area contributed by atoms with Crippen LogP contribution < -0.4 is 10.2 Å². The van der Waals surface area contributed by atoms with Crippen molar-refractivity contribution in [3.05, 3.63) is 89.9 Å². The highest BCUT2D eigenvalue weighted by Crippen LogP contribution is 2.18. The van der Waals surface area contributed by atoms with E-state index >= 15 is 0 Å². The van der Waals surface area contributed by atoms with Crippen LogP contribution in [0.15, 0.2) is 72.9 Å². The Kier molecular flexibility index (Phi) is 5.70. The van der Waals surface area contributed by atoms with E-state index in [0.29, 0.717) is 37.4 Å². The number of anilines is 2. The normalized spacial score (nSPS) is 13.8. The average Bonchev–Trinajstić information content (AvgIpc) is 2.80. The molecule has 6 nitrogen and oxygen atoms in total. The largest absolute Gasteiger partial charge is 0.353 e. The minimum Gasteiger partial charge on any atom is -0.353 e. The first-order valence-corrected chi connectivity index (χ1v) is 9.72. The number of nitrogens with zero attached hydrogens (tertiary/aromatic N) is 3. The fraction of sp³-hybridized carbons (Fsp3) is 0.174. The molecule has 0 atom stereocenters. The summed E-state index contributed by atoms with van der Waals surface area (Å²) in [4.78, 5) is 33.2. The molecule has 0 radical (unpaired) electrons. The fourth-order valence-electron chi connectivity index (χ4n) is 3.38. The molecule has 0 bridgehead atoms. The summed E-state index contributed by atoms with van der Waals surface area (Å²) in [6, 6.07) is 18.4. The lowest BCUT2D eigenvalue weighted by molar-refractivity contribution is 0.0746. The molecule has 2 heterocycles. The summed E-state index contributed by atoms with van der Waals surface area (Å²) in [6.45, 7) is 2.60. The van der Waals surface area contributed by atoms with Crippen LogP contribution in [0.1, 0.15) is 20.7 Å². The van der Waals surface area contributed by atoms with Crippen LogP contribution in [0.4, 0.5) is 15.9 Å². The number of pyridine rings is 1. The van der Waals surface area contributed by atoms with Gasteiger partial charge in [0.05, 0.1) is 11.9 Å². The van der Waals surface area contributed by atoms with Gasteiger partial charge in [-0.2, -0.15) is 0 Å². The Morgan fingerprint density at radius 1 is 0.867 bits per heavy atom. The highest BCUT2D eigenvalue weighted by atomic mass is 19.1. The third kappa shape index (κ3) is 4.46. The van der Waals surface area contributed by atoms with Crippen molar-refractivity contribution >= 4 is 23.3 Å². The molecular formula is C23H21FN4O2. The van der Waals surface area contributed by atoms with Crippen LogP contribution in [-0.2, 0) is 0 Å². The summed E-state index contributed by atoms with van der Waals surface area (Å²) < 4.78 is 13.3. The quantitative estimate of drug-likeness (QED) is 0.724. The first kappa shape index (κ1) is 19.6. The van der Waals surface area contributed by atoms with Gasteiger partial charge >= 0.3 is 0 Å². The van der Waals surface area contributed by atoms with E-state index in [9.17, 15) is 14.0 Å². The maximum absolute atomic E-state index is 13.3. The van der Waals surface area contributed by atoms with Crippen LogP contribution in [0.25, 0.3) is 0 Å². The second-order valence-corrected chi connectivity index (χ2v) is 7.01. The molecule has 2 aromatic carbocycles. The first-order chi connectivity index (χ1) is 14.6. The van der Waals surface area contributed by atoms with E-state index in [1.165, 1.54) is 18.2 Å². The predicted octanol–water partition coefficient (Wildman–Crippen LogP) is 3.44. The van der Waals surface area contributed by atoms with Crippen molar-refractivity contribution in [2.75, 3.05) is 36.4 Å². The van der Waals surface area contributed by atoms with Gasteiger partial charge in [0.1, 0.15) is 11.6 Å². The lowest BCUT2D eigenvalue weighted by Crippen LogP contribution is -2.49. The number of benzene rings is 2. The lowest BCUT2D eigenvalue weighted by Gasteiger charge is -2.35. The zero-order valence-corrected chi connectivity index (χ0v) is 16.3. The standard InChI is InChI=1S/C23H21FN4O2/c24-19-8-4-7-18(15-19)22(29)26-20-9-10-21(25-16-20)27-11-13-28(14-12-27)23(30)17-5-2-1-3-6-17/h1-10,15-16H,11-14H2,(H,26,29). The van der Waals surface area contributed by atoms with Crippen molar-refractivity contribution in [2.45, 2.75) is 0 Å². The van der Waals surface area contributed by atoms with Gasteiger partial charge in [-0.15, -0.1) is 0 Å². The summed E-state index contributed by atoms with van der Waals surface area (Å²) in [6.07, 6.45) is 1.58. The van der Waals surface area contributed by atoms with E-state index in [1.807, 2.05) is 41.3 Å². The Balaban J connectivity index is 1.34. The van der Waals surface area contributed by atoms with Gasteiger partial charge in [0.25, 0.3) is 11.8 Å². The van der Waals surface area contributed by atoms with Gasteiger partial charge in [-0.05, 0) is 42.5 Å². The minimum atomic E-state index is -0.457. The van der Waals surface area contributed by atoms with Crippen molar-refractivity contribution in [3.8, 4) is 0 Å². The van der Waals surface area contributed by atoms with Crippen molar-refractivity contribution in [2.24, 2.45) is 0 Å². The summed E-state index contributed by atoms with van der Waals surface area (Å²) in [7, 11) is 0. The number of hydrogen-bond donors (Lipinski definition) is 1. The van der Waals surface area contributed by atoms with Gasteiger partial charge in [-0.25, -0.2) is 9.37 Å². The van der Waals surface area contributed by atoms with Crippen molar-refractivity contribution < 1.29 is 14.0 Å². The smallest absolute Gasteiger partial charge is 0.255 e. The number of aromatic nitrogens is 1. The number of hydrogen-bond acceptors (Lipinski definition) is 4. The zero-order valence-electron chi connectivity index (χ0n) is 16.3. The van der Waals surface area contributed by atoms with E-state index in [-0.39, 0.29) is 11.5 Å². The fourth-order valence-corrected chi connectivity index (χ4v) is 3.38. The molecule has 1 aromatic heterocycles. The average molecular weight is 404 g/mol. The summed E-state index contributed by atoms with van der Waals surface area (Å²) >= 11 is 0. The molecule has 152 valence electrons. The molecule has 0 saturated carbocycles. The third-order valence-electron chi connectivity index (χ3n) is 5.00. The molecule has 1 aliphatic rings. The maximum atomic E-state index is 13.3. The molecular weight excluding hydrogens is 383 g/mol. The molecule has 1 aliphatic heterocycles. The molecule has 1 fully saturated rings.